The van der Waals surface area contributed by atoms with Crippen LogP contribution in [0.3, 0.4) is 0 Å². The first kappa shape index (κ1) is 10.4. The van der Waals surface area contributed by atoms with E-state index in [1.165, 1.54) is 12.8 Å². The molecule has 2 heterocycles. The zero-order valence-electron chi connectivity index (χ0n) is 9.44. The molecule has 3 rings (SSSR count). The monoisotopic (exact) mass is 226 g/mol. The van der Waals surface area contributed by atoms with E-state index in [-0.39, 0.29) is 0 Å². The maximum Gasteiger partial charge on any atom is 0.134 e. The van der Waals surface area contributed by atoms with Gasteiger partial charge in [-0.2, -0.15) is 0 Å². The van der Waals surface area contributed by atoms with Gasteiger partial charge in [0.2, 0.25) is 0 Å². The zero-order valence-corrected chi connectivity index (χ0v) is 9.44. The molecule has 0 aromatic rings. The molecule has 2 fully saturated rings. The molecule has 90 valence electrons. The van der Waals surface area contributed by atoms with E-state index in [2.05, 4.69) is 0 Å². The Balaban J connectivity index is 1.52. The standard InChI is InChI=1S/C12H18O4/c1-2-4-12(16-8-10-6-14-10)11(3-1)15-7-9-5-13-9/h9-10H,1-8H2. The molecule has 0 bridgehead atoms. The molecular formula is C12H18O4. The summed E-state index contributed by atoms with van der Waals surface area (Å²) in [6.07, 6.45) is 5.06. The summed E-state index contributed by atoms with van der Waals surface area (Å²) >= 11 is 0. The number of allylic oxidation sites excluding steroid dienone is 2. The van der Waals surface area contributed by atoms with Crippen molar-refractivity contribution in [3.05, 3.63) is 11.5 Å². The van der Waals surface area contributed by atoms with Crippen LogP contribution in [0.1, 0.15) is 25.7 Å². The van der Waals surface area contributed by atoms with Gasteiger partial charge < -0.3 is 18.9 Å². The van der Waals surface area contributed by atoms with Crippen LogP contribution in [-0.4, -0.2) is 38.6 Å². The average Bonchev–Trinajstić information content (AvgIpc) is 3.17. The van der Waals surface area contributed by atoms with Crippen LogP contribution in [0.25, 0.3) is 0 Å². The Morgan fingerprint density at radius 2 is 1.31 bits per heavy atom. The van der Waals surface area contributed by atoms with E-state index in [0.717, 1.165) is 37.6 Å². The van der Waals surface area contributed by atoms with Gasteiger partial charge in [0, 0.05) is 12.8 Å². The topological polar surface area (TPSA) is 43.5 Å². The first-order valence-corrected chi connectivity index (χ1v) is 6.12. The predicted octanol–water partition coefficient (Wildman–Crippen LogP) is 1.60. The van der Waals surface area contributed by atoms with E-state index in [4.69, 9.17) is 18.9 Å². The maximum absolute atomic E-state index is 5.76. The van der Waals surface area contributed by atoms with E-state index in [1.54, 1.807) is 0 Å². The van der Waals surface area contributed by atoms with Gasteiger partial charge in [0.05, 0.1) is 13.2 Å². The summed E-state index contributed by atoms with van der Waals surface area (Å²) < 4.78 is 21.8. The largest absolute Gasteiger partial charge is 0.492 e. The van der Waals surface area contributed by atoms with Crippen molar-refractivity contribution < 1.29 is 18.9 Å². The van der Waals surface area contributed by atoms with E-state index in [0.29, 0.717) is 25.4 Å². The van der Waals surface area contributed by atoms with Crippen molar-refractivity contribution in [3.8, 4) is 0 Å². The molecule has 16 heavy (non-hydrogen) atoms. The van der Waals surface area contributed by atoms with Crippen molar-refractivity contribution in [2.24, 2.45) is 0 Å². The second-order valence-electron chi connectivity index (χ2n) is 4.59. The third kappa shape index (κ3) is 2.89. The quantitative estimate of drug-likeness (QED) is 0.645. The van der Waals surface area contributed by atoms with Gasteiger partial charge in [0.15, 0.2) is 0 Å². The molecule has 0 saturated carbocycles. The third-order valence-electron chi connectivity index (χ3n) is 3.06. The summed E-state index contributed by atoms with van der Waals surface area (Å²) in [6, 6.07) is 0. The van der Waals surface area contributed by atoms with Crippen LogP contribution in [0.5, 0.6) is 0 Å². The Labute approximate surface area is 95.5 Å². The maximum atomic E-state index is 5.76. The van der Waals surface area contributed by atoms with Crippen molar-refractivity contribution in [3.63, 3.8) is 0 Å². The minimum absolute atomic E-state index is 0.322. The van der Waals surface area contributed by atoms with Crippen LogP contribution in [-0.2, 0) is 18.9 Å². The normalized spacial score (nSPS) is 32.5. The van der Waals surface area contributed by atoms with E-state index >= 15 is 0 Å². The fourth-order valence-electron chi connectivity index (χ4n) is 1.87. The minimum Gasteiger partial charge on any atom is -0.492 e. The van der Waals surface area contributed by atoms with E-state index in [1.807, 2.05) is 0 Å². The highest BCUT2D eigenvalue weighted by atomic mass is 16.6. The van der Waals surface area contributed by atoms with Crippen molar-refractivity contribution in [2.45, 2.75) is 37.9 Å². The van der Waals surface area contributed by atoms with Gasteiger partial charge >= 0.3 is 0 Å². The number of hydrogen-bond donors (Lipinski definition) is 0. The van der Waals surface area contributed by atoms with E-state index in [9.17, 15) is 0 Å². The first-order chi connectivity index (χ1) is 7.92. The van der Waals surface area contributed by atoms with Crippen LogP contribution in [0.4, 0.5) is 0 Å². The summed E-state index contributed by atoms with van der Waals surface area (Å²) in [5.74, 6) is 2.09. The number of hydrogen-bond acceptors (Lipinski definition) is 4. The molecule has 2 saturated heterocycles. The number of epoxide rings is 2. The highest BCUT2D eigenvalue weighted by Crippen LogP contribution is 2.28. The summed E-state index contributed by atoms with van der Waals surface area (Å²) in [6.45, 7) is 3.06. The molecule has 0 radical (unpaired) electrons. The van der Waals surface area contributed by atoms with Gasteiger partial charge in [0.1, 0.15) is 36.9 Å². The Morgan fingerprint density at radius 3 is 1.69 bits per heavy atom. The smallest absolute Gasteiger partial charge is 0.134 e. The Kier molecular flexibility index (Phi) is 3.02. The molecular weight excluding hydrogens is 208 g/mol. The van der Waals surface area contributed by atoms with Crippen molar-refractivity contribution in [1.82, 2.24) is 0 Å². The van der Waals surface area contributed by atoms with Crippen LogP contribution in [0, 0.1) is 0 Å². The summed E-state index contributed by atoms with van der Waals surface area (Å²) in [5.41, 5.74) is 0. The number of rotatable bonds is 6. The van der Waals surface area contributed by atoms with Crippen LogP contribution < -0.4 is 0 Å². The summed E-state index contributed by atoms with van der Waals surface area (Å²) in [5, 5.41) is 0. The summed E-state index contributed by atoms with van der Waals surface area (Å²) in [4.78, 5) is 0. The Morgan fingerprint density at radius 1 is 0.875 bits per heavy atom. The van der Waals surface area contributed by atoms with Gasteiger partial charge in [0.25, 0.3) is 0 Å². The van der Waals surface area contributed by atoms with Crippen LogP contribution in [0.15, 0.2) is 11.5 Å². The lowest BCUT2D eigenvalue weighted by Crippen LogP contribution is -2.11. The third-order valence-corrected chi connectivity index (χ3v) is 3.06. The fraction of sp³-hybridized carbons (Fsp3) is 0.833. The van der Waals surface area contributed by atoms with Crippen molar-refractivity contribution >= 4 is 0 Å². The lowest BCUT2D eigenvalue weighted by Gasteiger charge is -2.20. The van der Waals surface area contributed by atoms with Gasteiger partial charge in [-0.25, -0.2) is 0 Å². The van der Waals surface area contributed by atoms with E-state index < -0.39 is 0 Å². The minimum atomic E-state index is 0.322. The predicted molar refractivity (Wildman–Crippen MR) is 56.9 cm³/mol. The summed E-state index contributed by atoms with van der Waals surface area (Å²) in [7, 11) is 0. The van der Waals surface area contributed by atoms with Gasteiger partial charge in [-0.15, -0.1) is 0 Å². The molecule has 1 aliphatic carbocycles. The second kappa shape index (κ2) is 4.63. The first-order valence-electron chi connectivity index (χ1n) is 6.12. The lowest BCUT2D eigenvalue weighted by atomic mass is 10.0. The highest BCUT2D eigenvalue weighted by Gasteiger charge is 2.27. The molecule has 2 aliphatic heterocycles. The molecule has 2 unspecified atom stereocenters. The number of ether oxygens (including phenoxy) is 4. The Bertz CT molecular complexity index is 251. The molecule has 4 nitrogen and oxygen atoms in total. The Hall–Kier alpha value is -0.740. The second-order valence-corrected chi connectivity index (χ2v) is 4.59. The molecule has 2 atom stereocenters. The molecule has 0 N–H and O–H groups in total. The van der Waals surface area contributed by atoms with Gasteiger partial charge in [-0.3, -0.25) is 0 Å². The van der Waals surface area contributed by atoms with Gasteiger partial charge in [-0.05, 0) is 12.8 Å². The molecule has 0 amide bonds. The molecule has 0 aromatic heterocycles. The zero-order chi connectivity index (χ0) is 10.8. The van der Waals surface area contributed by atoms with Gasteiger partial charge in [-0.1, -0.05) is 0 Å². The van der Waals surface area contributed by atoms with Crippen molar-refractivity contribution in [2.75, 3.05) is 26.4 Å². The van der Waals surface area contributed by atoms with Crippen molar-refractivity contribution in [1.29, 1.82) is 0 Å². The average molecular weight is 226 g/mol. The van der Waals surface area contributed by atoms with Crippen LogP contribution >= 0.6 is 0 Å². The molecule has 0 aromatic carbocycles. The van der Waals surface area contributed by atoms with Crippen LogP contribution in [0.2, 0.25) is 0 Å². The molecule has 3 aliphatic rings. The highest BCUT2D eigenvalue weighted by molar-refractivity contribution is 5.06. The SMILES string of the molecule is C1CCC(OCC2CO2)=C(OCC2CO2)C1. The molecule has 0 spiro atoms. The fourth-order valence-corrected chi connectivity index (χ4v) is 1.87. The molecule has 4 heteroatoms. The lowest BCUT2D eigenvalue weighted by molar-refractivity contribution is 0.112.